The quantitative estimate of drug-likeness (QED) is 0.614. The maximum absolute atomic E-state index is 12.4. The molecule has 0 saturated heterocycles. The lowest BCUT2D eigenvalue weighted by Crippen LogP contribution is -2.24. The van der Waals surface area contributed by atoms with Crippen molar-refractivity contribution in [3.05, 3.63) is 83.4 Å². The molecule has 0 aromatic heterocycles. The van der Waals surface area contributed by atoms with Crippen LogP contribution in [0.15, 0.2) is 82.2 Å². The second-order valence-electron chi connectivity index (χ2n) is 5.97. The van der Waals surface area contributed by atoms with E-state index in [0.29, 0.717) is 0 Å². The Hall–Kier alpha value is -3.62. The van der Waals surface area contributed by atoms with E-state index in [0.717, 1.165) is 0 Å². The highest BCUT2D eigenvalue weighted by Crippen LogP contribution is 2.14. The topological polar surface area (TPSA) is 140 Å². The van der Waals surface area contributed by atoms with Gasteiger partial charge >= 0.3 is 0 Å². The third kappa shape index (κ3) is 4.03. The minimum atomic E-state index is -1.40. The van der Waals surface area contributed by atoms with Gasteiger partial charge in [0.25, 0.3) is 11.8 Å². The molecular formula is C20H16N2O6. The zero-order valence-corrected chi connectivity index (χ0v) is 14.4. The Kier molecular flexibility index (Phi) is 5.44. The number of amides is 2. The first-order chi connectivity index (χ1) is 13.4. The van der Waals surface area contributed by atoms with Crippen LogP contribution in [0.2, 0.25) is 0 Å². The monoisotopic (exact) mass is 380 g/mol. The number of allylic oxidation sites excluding steroid dienone is 4. The van der Waals surface area contributed by atoms with E-state index in [-0.39, 0.29) is 34.1 Å². The number of aliphatic hydroxyl groups is 4. The maximum atomic E-state index is 12.4. The van der Waals surface area contributed by atoms with E-state index in [2.05, 4.69) is 9.98 Å². The summed E-state index contributed by atoms with van der Waals surface area (Å²) >= 11 is 0. The summed E-state index contributed by atoms with van der Waals surface area (Å²) in [7, 11) is 0. The molecule has 8 heteroatoms. The molecule has 2 atom stereocenters. The molecule has 2 aliphatic carbocycles. The van der Waals surface area contributed by atoms with Crippen molar-refractivity contribution in [1.82, 2.24) is 0 Å². The van der Waals surface area contributed by atoms with Gasteiger partial charge < -0.3 is 20.4 Å². The third-order valence-corrected chi connectivity index (χ3v) is 4.01. The smallest absolute Gasteiger partial charge is 0.277 e. The van der Waals surface area contributed by atoms with Gasteiger partial charge in [0.1, 0.15) is 11.5 Å². The molecule has 2 amide bonds. The standard InChI is InChI=1S/C20H16N2O6/c23-15-8-2-6-13(17(15)25)21-19(27)11-4-1-5-12(10-11)20(28)22-14-7-3-9-16(24)18(14)26/h1-10,17-18,23-26H. The Morgan fingerprint density at radius 1 is 0.786 bits per heavy atom. The molecule has 0 radical (unpaired) electrons. The first-order valence-corrected chi connectivity index (χ1v) is 8.23. The molecule has 142 valence electrons. The SMILES string of the molecule is O=C(N=C1C=CC=C(O)C1O)c1cccc(C(=O)N=C2C=CC=C(O)C2O)c1. The molecule has 4 N–H and O–H groups in total. The minimum absolute atomic E-state index is 0.0281. The Bertz CT molecular complexity index is 936. The van der Waals surface area contributed by atoms with Crippen LogP contribution in [0.25, 0.3) is 0 Å². The van der Waals surface area contributed by atoms with Crippen molar-refractivity contribution >= 4 is 23.2 Å². The molecule has 28 heavy (non-hydrogen) atoms. The van der Waals surface area contributed by atoms with Gasteiger partial charge in [-0.2, -0.15) is 0 Å². The highest BCUT2D eigenvalue weighted by Gasteiger charge is 2.21. The third-order valence-electron chi connectivity index (χ3n) is 4.01. The number of hydrogen-bond acceptors (Lipinski definition) is 6. The molecular weight excluding hydrogens is 364 g/mol. The minimum Gasteiger partial charge on any atom is -0.509 e. The van der Waals surface area contributed by atoms with Gasteiger partial charge in [-0.25, -0.2) is 9.98 Å². The van der Waals surface area contributed by atoms with Crippen molar-refractivity contribution in [1.29, 1.82) is 0 Å². The molecule has 0 bridgehead atoms. The summed E-state index contributed by atoms with van der Waals surface area (Å²) in [5, 5.41) is 38.7. The second-order valence-corrected chi connectivity index (χ2v) is 5.97. The van der Waals surface area contributed by atoms with Crippen LogP contribution >= 0.6 is 0 Å². The van der Waals surface area contributed by atoms with Gasteiger partial charge in [0.2, 0.25) is 0 Å². The molecule has 3 rings (SSSR count). The fourth-order valence-corrected chi connectivity index (χ4v) is 2.50. The Labute approximate surface area is 159 Å². The van der Waals surface area contributed by atoms with E-state index in [1.165, 1.54) is 60.7 Å². The largest absolute Gasteiger partial charge is 0.509 e. The van der Waals surface area contributed by atoms with Gasteiger partial charge in [0.05, 0.1) is 11.4 Å². The predicted octanol–water partition coefficient (Wildman–Crippen LogP) is 1.59. The Balaban J connectivity index is 1.83. The molecule has 0 heterocycles. The molecule has 1 aromatic carbocycles. The summed E-state index contributed by atoms with van der Waals surface area (Å²) in [6.07, 6.45) is 5.44. The van der Waals surface area contributed by atoms with Crippen LogP contribution in [-0.2, 0) is 0 Å². The molecule has 2 unspecified atom stereocenters. The van der Waals surface area contributed by atoms with E-state index in [4.69, 9.17) is 0 Å². The fourth-order valence-electron chi connectivity index (χ4n) is 2.50. The molecule has 2 aliphatic rings. The van der Waals surface area contributed by atoms with E-state index in [1.807, 2.05) is 0 Å². The molecule has 0 spiro atoms. The van der Waals surface area contributed by atoms with Crippen molar-refractivity contribution in [2.75, 3.05) is 0 Å². The van der Waals surface area contributed by atoms with Gasteiger partial charge in [0.15, 0.2) is 12.2 Å². The number of benzene rings is 1. The number of aliphatic imine (C=N–C) groups is 2. The van der Waals surface area contributed by atoms with Crippen LogP contribution < -0.4 is 0 Å². The van der Waals surface area contributed by atoms with Crippen LogP contribution in [-0.4, -0.2) is 55.9 Å². The van der Waals surface area contributed by atoms with Crippen molar-refractivity contribution < 1.29 is 30.0 Å². The molecule has 8 nitrogen and oxygen atoms in total. The average molecular weight is 380 g/mol. The fraction of sp³-hybridized carbons (Fsp3) is 0.100. The highest BCUT2D eigenvalue weighted by molar-refractivity contribution is 6.13. The number of carbonyl (C=O) groups excluding carboxylic acids is 2. The second kappa shape index (κ2) is 7.95. The Morgan fingerprint density at radius 2 is 1.21 bits per heavy atom. The summed E-state index contributed by atoms with van der Waals surface area (Å²) in [6, 6.07) is 5.63. The van der Waals surface area contributed by atoms with Gasteiger partial charge in [0, 0.05) is 11.1 Å². The van der Waals surface area contributed by atoms with Crippen LogP contribution in [0, 0.1) is 0 Å². The van der Waals surface area contributed by atoms with Crippen molar-refractivity contribution in [3.8, 4) is 0 Å². The van der Waals surface area contributed by atoms with E-state index in [1.54, 1.807) is 0 Å². The summed E-state index contributed by atoms with van der Waals surface area (Å²) in [5.74, 6) is -2.09. The van der Waals surface area contributed by atoms with Gasteiger partial charge in [-0.05, 0) is 42.5 Å². The molecule has 1 aromatic rings. The van der Waals surface area contributed by atoms with E-state index in [9.17, 15) is 30.0 Å². The van der Waals surface area contributed by atoms with Crippen molar-refractivity contribution in [2.45, 2.75) is 12.2 Å². The van der Waals surface area contributed by atoms with E-state index >= 15 is 0 Å². The molecule has 0 fully saturated rings. The van der Waals surface area contributed by atoms with Gasteiger partial charge in [-0.1, -0.05) is 18.2 Å². The number of nitrogens with zero attached hydrogens (tertiary/aromatic N) is 2. The summed E-state index contributed by atoms with van der Waals surface area (Å²) in [6.45, 7) is 0. The van der Waals surface area contributed by atoms with Gasteiger partial charge in [-0.3, -0.25) is 9.59 Å². The van der Waals surface area contributed by atoms with Crippen LogP contribution in [0.1, 0.15) is 20.7 Å². The van der Waals surface area contributed by atoms with Crippen LogP contribution in [0.5, 0.6) is 0 Å². The van der Waals surface area contributed by atoms with Crippen molar-refractivity contribution in [2.24, 2.45) is 9.98 Å². The Morgan fingerprint density at radius 3 is 1.64 bits per heavy atom. The molecule has 0 saturated carbocycles. The maximum Gasteiger partial charge on any atom is 0.277 e. The number of aliphatic hydroxyl groups excluding tert-OH is 4. The summed E-state index contributed by atoms with van der Waals surface area (Å²) in [4.78, 5) is 32.3. The molecule has 0 aliphatic heterocycles. The number of carbonyl (C=O) groups is 2. The lowest BCUT2D eigenvalue weighted by atomic mass is 10.1. The van der Waals surface area contributed by atoms with E-state index < -0.39 is 24.0 Å². The first-order valence-electron chi connectivity index (χ1n) is 8.23. The normalized spacial score (nSPS) is 24.2. The number of rotatable bonds is 2. The zero-order valence-electron chi connectivity index (χ0n) is 14.4. The summed E-state index contributed by atoms with van der Waals surface area (Å²) in [5.41, 5.74) is 0.103. The zero-order chi connectivity index (χ0) is 20.3. The summed E-state index contributed by atoms with van der Waals surface area (Å²) < 4.78 is 0. The van der Waals surface area contributed by atoms with Crippen LogP contribution in [0.3, 0.4) is 0 Å². The first kappa shape index (κ1) is 19.2. The average Bonchev–Trinajstić information content (AvgIpc) is 2.69. The van der Waals surface area contributed by atoms with Gasteiger partial charge in [-0.15, -0.1) is 0 Å². The lowest BCUT2D eigenvalue weighted by Gasteiger charge is -2.13. The van der Waals surface area contributed by atoms with Crippen molar-refractivity contribution in [3.63, 3.8) is 0 Å². The predicted molar refractivity (Wildman–Crippen MR) is 102 cm³/mol. The highest BCUT2D eigenvalue weighted by atomic mass is 16.3. The lowest BCUT2D eigenvalue weighted by molar-refractivity contribution is 0.0999. The number of hydrogen-bond donors (Lipinski definition) is 4. The van der Waals surface area contributed by atoms with Crippen LogP contribution in [0.4, 0.5) is 0 Å².